The van der Waals surface area contributed by atoms with Crippen LogP contribution in [0.2, 0.25) is 0 Å². The molecular formula is C17H20N4O2. The summed E-state index contributed by atoms with van der Waals surface area (Å²) in [6, 6.07) is 7.18. The highest BCUT2D eigenvalue weighted by Gasteiger charge is 2.14. The average Bonchev–Trinajstić information content (AvgIpc) is 2.63. The van der Waals surface area contributed by atoms with Crippen LogP contribution in [0.4, 0.5) is 11.6 Å². The van der Waals surface area contributed by atoms with Crippen LogP contribution in [0.5, 0.6) is 5.75 Å². The van der Waals surface area contributed by atoms with Crippen LogP contribution >= 0.6 is 0 Å². The molecule has 1 aromatic heterocycles. The Morgan fingerprint density at radius 1 is 1.09 bits per heavy atom. The highest BCUT2D eigenvalue weighted by molar-refractivity contribution is 6.03. The van der Waals surface area contributed by atoms with Crippen molar-refractivity contribution in [2.24, 2.45) is 0 Å². The van der Waals surface area contributed by atoms with Crippen molar-refractivity contribution in [1.29, 1.82) is 0 Å². The molecule has 0 aliphatic carbocycles. The van der Waals surface area contributed by atoms with Crippen molar-refractivity contribution in [2.75, 3.05) is 30.4 Å². The Bertz CT molecular complexity index is 649. The number of nitrogens with one attached hydrogen (secondary N) is 1. The second-order valence-electron chi connectivity index (χ2n) is 5.50. The topological polar surface area (TPSA) is 67.3 Å². The number of hydrogen-bond donors (Lipinski definition) is 1. The molecule has 1 aromatic carbocycles. The van der Waals surface area contributed by atoms with Gasteiger partial charge in [0.1, 0.15) is 5.75 Å². The van der Waals surface area contributed by atoms with E-state index in [4.69, 9.17) is 4.74 Å². The maximum atomic E-state index is 12.2. The number of benzene rings is 1. The summed E-state index contributed by atoms with van der Waals surface area (Å²) in [7, 11) is 1.61. The van der Waals surface area contributed by atoms with Gasteiger partial charge in [-0.3, -0.25) is 4.79 Å². The number of methoxy groups -OCH3 is 1. The Morgan fingerprint density at radius 2 is 1.74 bits per heavy atom. The molecule has 0 spiro atoms. The molecule has 0 saturated carbocycles. The van der Waals surface area contributed by atoms with Gasteiger partial charge in [0.15, 0.2) is 0 Å². The molecule has 0 atom stereocenters. The fourth-order valence-corrected chi connectivity index (χ4v) is 2.57. The smallest absolute Gasteiger partial charge is 0.258 e. The van der Waals surface area contributed by atoms with E-state index in [9.17, 15) is 4.79 Å². The fraction of sp³-hybridized carbons (Fsp3) is 0.353. The van der Waals surface area contributed by atoms with Crippen LogP contribution in [0.3, 0.4) is 0 Å². The van der Waals surface area contributed by atoms with Gasteiger partial charge in [-0.1, -0.05) is 0 Å². The molecule has 0 radical (unpaired) electrons. The third-order valence-electron chi connectivity index (χ3n) is 3.89. The first kappa shape index (κ1) is 15.3. The molecule has 1 amide bonds. The molecule has 2 aromatic rings. The second-order valence-corrected chi connectivity index (χ2v) is 5.50. The van der Waals surface area contributed by atoms with Crippen molar-refractivity contribution in [3.05, 3.63) is 42.2 Å². The zero-order chi connectivity index (χ0) is 16.1. The van der Waals surface area contributed by atoms with E-state index in [1.807, 2.05) is 0 Å². The minimum Gasteiger partial charge on any atom is -0.497 e. The average molecular weight is 312 g/mol. The molecule has 1 fully saturated rings. The first-order chi connectivity index (χ1) is 11.3. The van der Waals surface area contributed by atoms with Crippen molar-refractivity contribution >= 4 is 17.5 Å². The number of aromatic nitrogens is 2. The minimum absolute atomic E-state index is 0.222. The van der Waals surface area contributed by atoms with Crippen molar-refractivity contribution in [3.8, 4) is 5.75 Å². The third-order valence-corrected chi connectivity index (χ3v) is 3.89. The predicted molar refractivity (Wildman–Crippen MR) is 89.0 cm³/mol. The van der Waals surface area contributed by atoms with E-state index >= 15 is 0 Å². The molecule has 1 N–H and O–H groups in total. The number of piperidine rings is 1. The molecule has 120 valence electrons. The van der Waals surface area contributed by atoms with Gasteiger partial charge in [-0.15, -0.1) is 0 Å². The minimum atomic E-state index is -0.222. The van der Waals surface area contributed by atoms with Gasteiger partial charge < -0.3 is 15.0 Å². The van der Waals surface area contributed by atoms with E-state index in [0.29, 0.717) is 17.2 Å². The van der Waals surface area contributed by atoms with Crippen molar-refractivity contribution in [1.82, 2.24) is 9.97 Å². The molecular weight excluding hydrogens is 292 g/mol. The lowest BCUT2D eigenvalue weighted by Crippen LogP contribution is -2.31. The molecule has 1 aliphatic heterocycles. The van der Waals surface area contributed by atoms with E-state index in [2.05, 4.69) is 20.2 Å². The van der Waals surface area contributed by atoms with Crippen LogP contribution in [0.15, 0.2) is 36.7 Å². The summed E-state index contributed by atoms with van der Waals surface area (Å²) < 4.78 is 5.09. The molecule has 2 heterocycles. The number of hydrogen-bond acceptors (Lipinski definition) is 5. The summed E-state index contributed by atoms with van der Waals surface area (Å²) in [5, 5.41) is 2.82. The quantitative estimate of drug-likeness (QED) is 0.940. The van der Waals surface area contributed by atoms with Gasteiger partial charge in [0, 0.05) is 31.2 Å². The molecule has 1 aliphatic rings. The summed E-state index contributed by atoms with van der Waals surface area (Å²) in [6.07, 6.45) is 6.76. The molecule has 0 bridgehead atoms. The van der Waals surface area contributed by atoms with Gasteiger partial charge in [0.25, 0.3) is 5.91 Å². The SMILES string of the molecule is COc1ccc(NC(=O)c2cnc(N3CCCCC3)nc2)cc1. The van der Waals surface area contributed by atoms with Crippen molar-refractivity contribution in [2.45, 2.75) is 19.3 Å². The molecule has 23 heavy (non-hydrogen) atoms. The molecule has 3 rings (SSSR count). The predicted octanol–water partition coefficient (Wildman–Crippen LogP) is 2.73. The van der Waals surface area contributed by atoms with Gasteiger partial charge in [-0.2, -0.15) is 0 Å². The summed E-state index contributed by atoms with van der Waals surface area (Å²) in [6.45, 7) is 1.97. The summed E-state index contributed by atoms with van der Waals surface area (Å²) >= 11 is 0. The van der Waals surface area contributed by atoms with E-state index in [0.717, 1.165) is 18.8 Å². The fourth-order valence-electron chi connectivity index (χ4n) is 2.57. The van der Waals surface area contributed by atoms with Crippen LogP contribution in [-0.2, 0) is 0 Å². The Balaban J connectivity index is 1.64. The number of amides is 1. The number of rotatable bonds is 4. The highest BCUT2D eigenvalue weighted by atomic mass is 16.5. The number of anilines is 2. The maximum absolute atomic E-state index is 12.2. The second kappa shape index (κ2) is 7.09. The Morgan fingerprint density at radius 3 is 2.35 bits per heavy atom. The Labute approximate surface area is 135 Å². The standard InChI is InChI=1S/C17H20N4O2/c1-23-15-7-5-14(6-8-15)20-16(22)13-11-18-17(19-12-13)21-9-3-2-4-10-21/h5-8,11-12H,2-4,9-10H2,1H3,(H,20,22). The molecule has 6 heteroatoms. The number of carbonyl (C=O) groups excluding carboxylic acids is 1. The maximum Gasteiger partial charge on any atom is 0.258 e. The zero-order valence-corrected chi connectivity index (χ0v) is 13.2. The summed E-state index contributed by atoms with van der Waals surface area (Å²) in [4.78, 5) is 23.0. The van der Waals surface area contributed by atoms with Crippen molar-refractivity contribution < 1.29 is 9.53 Å². The monoisotopic (exact) mass is 312 g/mol. The highest BCUT2D eigenvalue weighted by Crippen LogP contribution is 2.17. The lowest BCUT2D eigenvalue weighted by molar-refractivity contribution is 0.102. The van der Waals surface area contributed by atoms with Crippen LogP contribution < -0.4 is 15.0 Å². The molecule has 0 unspecified atom stereocenters. The summed E-state index contributed by atoms with van der Waals surface area (Å²) in [5.41, 5.74) is 1.15. The van der Waals surface area contributed by atoms with Gasteiger partial charge in [0.05, 0.1) is 12.7 Å². The Kier molecular flexibility index (Phi) is 4.71. The van der Waals surface area contributed by atoms with E-state index in [1.54, 1.807) is 43.8 Å². The van der Waals surface area contributed by atoms with E-state index in [-0.39, 0.29) is 5.91 Å². The van der Waals surface area contributed by atoms with Crippen LogP contribution in [0, 0.1) is 0 Å². The van der Waals surface area contributed by atoms with Gasteiger partial charge >= 0.3 is 0 Å². The normalized spacial score (nSPS) is 14.4. The lowest BCUT2D eigenvalue weighted by atomic mass is 10.1. The Hall–Kier alpha value is -2.63. The number of nitrogens with zero attached hydrogens (tertiary/aromatic N) is 3. The molecule has 1 saturated heterocycles. The first-order valence-electron chi connectivity index (χ1n) is 7.78. The first-order valence-corrected chi connectivity index (χ1v) is 7.78. The van der Waals surface area contributed by atoms with Crippen molar-refractivity contribution in [3.63, 3.8) is 0 Å². The largest absolute Gasteiger partial charge is 0.497 e. The van der Waals surface area contributed by atoms with Gasteiger partial charge in [-0.25, -0.2) is 9.97 Å². The number of carbonyl (C=O) groups is 1. The van der Waals surface area contributed by atoms with Gasteiger partial charge in [0.2, 0.25) is 5.95 Å². The molecule has 6 nitrogen and oxygen atoms in total. The third kappa shape index (κ3) is 3.77. The number of ether oxygens (including phenoxy) is 1. The van der Waals surface area contributed by atoms with Crippen LogP contribution in [0.25, 0.3) is 0 Å². The zero-order valence-electron chi connectivity index (χ0n) is 13.2. The van der Waals surface area contributed by atoms with Gasteiger partial charge in [-0.05, 0) is 43.5 Å². The summed E-state index contributed by atoms with van der Waals surface area (Å²) in [5.74, 6) is 1.23. The van der Waals surface area contributed by atoms with E-state index < -0.39 is 0 Å². The van der Waals surface area contributed by atoms with E-state index in [1.165, 1.54) is 19.3 Å². The lowest BCUT2D eigenvalue weighted by Gasteiger charge is -2.26. The van der Waals surface area contributed by atoms with Crippen LogP contribution in [-0.4, -0.2) is 36.1 Å². The van der Waals surface area contributed by atoms with Crippen LogP contribution in [0.1, 0.15) is 29.6 Å².